The van der Waals surface area contributed by atoms with Crippen LogP contribution in [0, 0.1) is 0 Å². The molecule has 2 saturated heterocycles. The number of aliphatic hydroxyl groups is 1. The van der Waals surface area contributed by atoms with Gasteiger partial charge in [0.05, 0.1) is 12.1 Å². The molecule has 5 heteroatoms. The molecular weight excluding hydrogens is 330 g/mol. The first-order valence-corrected chi connectivity index (χ1v) is 8.95. The van der Waals surface area contributed by atoms with E-state index < -0.39 is 11.9 Å². The van der Waals surface area contributed by atoms with E-state index in [0.717, 1.165) is 11.1 Å². The van der Waals surface area contributed by atoms with Crippen molar-refractivity contribution in [1.82, 2.24) is 4.90 Å². The van der Waals surface area contributed by atoms with E-state index in [0.29, 0.717) is 19.4 Å². The predicted molar refractivity (Wildman–Crippen MR) is 96.0 cm³/mol. The summed E-state index contributed by atoms with van der Waals surface area (Å²) in [5.41, 5.74) is 1.81. The summed E-state index contributed by atoms with van der Waals surface area (Å²) in [4.78, 5) is 14.3. The number of ether oxygens (including phenoxy) is 2. The maximum absolute atomic E-state index is 12.5. The Hall–Kier alpha value is -2.21. The Kier molecular flexibility index (Phi) is 4.53. The van der Waals surface area contributed by atoms with E-state index in [1.807, 2.05) is 60.7 Å². The summed E-state index contributed by atoms with van der Waals surface area (Å²) in [6.45, 7) is 0.522. The number of methoxy groups -OCH3 is 1. The normalized spacial score (nSPS) is 31.1. The van der Waals surface area contributed by atoms with E-state index in [9.17, 15) is 9.90 Å². The molecule has 0 aromatic heterocycles. The zero-order chi connectivity index (χ0) is 18.1. The van der Waals surface area contributed by atoms with Gasteiger partial charge in [-0.2, -0.15) is 0 Å². The van der Waals surface area contributed by atoms with Gasteiger partial charge in [-0.15, -0.1) is 0 Å². The molecule has 4 atom stereocenters. The van der Waals surface area contributed by atoms with Crippen LogP contribution in [0.1, 0.15) is 24.0 Å². The van der Waals surface area contributed by atoms with E-state index >= 15 is 0 Å². The highest BCUT2D eigenvalue weighted by atomic mass is 16.6. The first-order chi connectivity index (χ1) is 12.6. The maximum atomic E-state index is 12.5. The molecule has 2 aliphatic rings. The molecule has 0 radical (unpaired) electrons. The van der Waals surface area contributed by atoms with Crippen LogP contribution in [0.3, 0.4) is 0 Å². The Balaban J connectivity index is 1.52. The van der Waals surface area contributed by atoms with Crippen LogP contribution in [0.4, 0.5) is 0 Å². The summed E-state index contributed by atoms with van der Waals surface area (Å²) >= 11 is 0. The molecule has 2 fully saturated rings. The van der Waals surface area contributed by atoms with Gasteiger partial charge in [-0.25, -0.2) is 0 Å². The minimum Gasteiger partial charge on any atom is -0.369 e. The fourth-order valence-corrected chi connectivity index (χ4v) is 3.99. The molecule has 1 amide bonds. The molecule has 26 heavy (non-hydrogen) atoms. The standard InChI is InChI=1S/C21H23NO4/c1-25-19-18(22(20(19)23)14-15-8-4-2-5-9-15)17-12-13-21(24,26-17)16-10-6-3-7-11-16/h2-11,17-19,24H,12-14H2,1H3/t17-,18+,19-,21+/m1/s1. The third kappa shape index (κ3) is 2.92. The molecular formula is C21H23NO4. The number of likely N-dealkylation sites (tertiary alicyclic amines) is 1. The number of nitrogens with zero attached hydrogens (tertiary/aromatic N) is 1. The van der Waals surface area contributed by atoms with Crippen molar-refractivity contribution in [3.05, 3.63) is 71.8 Å². The SMILES string of the molecule is CO[C@H]1C(=O)N(Cc2ccccc2)[C@H]1[C@H]1CC[C@@](O)(c2ccccc2)O1. The van der Waals surface area contributed by atoms with Gasteiger partial charge in [-0.05, 0) is 12.0 Å². The quantitative estimate of drug-likeness (QED) is 0.839. The van der Waals surface area contributed by atoms with E-state index in [1.165, 1.54) is 0 Å². The van der Waals surface area contributed by atoms with Crippen molar-refractivity contribution in [3.63, 3.8) is 0 Å². The number of β-lactam (4-membered cyclic amide) rings is 1. The van der Waals surface area contributed by atoms with E-state index in [-0.39, 0.29) is 18.1 Å². The fraction of sp³-hybridized carbons (Fsp3) is 0.381. The van der Waals surface area contributed by atoms with Crippen LogP contribution in [0.5, 0.6) is 0 Å². The zero-order valence-corrected chi connectivity index (χ0v) is 14.7. The van der Waals surface area contributed by atoms with Crippen LogP contribution in [0.15, 0.2) is 60.7 Å². The smallest absolute Gasteiger partial charge is 0.254 e. The van der Waals surface area contributed by atoms with Crippen LogP contribution in [-0.4, -0.2) is 41.3 Å². The fourth-order valence-electron chi connectivity index (χ4n) is 3.99. The van der Waals surface area contributed by atoms with Gasteiger partial charge in [0.25, 0.3) is 5.91 Å². The van der Waals surface area contributed by atoms with Crippen LogP contribution >= 0.6 is 0 Å². The number of carbonyl (C=O) groups excluding carboxylic acids is 1. The van der Waals surface area contributed by atoms with Gasteiger partial charge >= 0.3 is 0 Å². The molecule has 2 aromatic rings. The Labute approximate surface area is 153 Å². The highest BCUT2D eigenvalue weighted by Gasteiger charge is 2.56. The molecule has 1 N–H and O–H groups in total. The Morgan fingerprint density at radius 3 is 2.46 bits per heavy atom. The molecule has 2 aliphatic heterocycles. The third-order valence-electron chi connectivity index (χ3n) is 5.37. The van der Waals surface area contributed by atoms with Gasteiger partial charge in [-0.1, -0.05) is 60.7 Å². The molecule has 0 unspecified atom stereocenters. The number of hydrogen-bond acceptors (Lipinski definition) is 4. The number of rotatable bonds is 5. The second-order valence-corrected chi connectivity index (χ2v) is 6.94. The van der Waals surface area contributed by atoms with Crippen molar-refractivity contribution < 1.29 is 19.4 Å². The van der Waals surface area contributed by atoms with Crippen molar-refractivity contribution in [2.24, 2.45) is 0 Å². The highest BCUT2D eigenvalue weighted by Crippen LogP contribution is 2.42. The van der Waals surface area contributed by atoms with Gasteiger partial charge in [0, 0.05) is 25.6 Å². The van der Waals surface area contributed by atoms with E-state index in [4.69, 9.17) is 9.47 Å². The van der Waals surface area contributed by atoms with Gasteiger partial charge in [0.1, 0.15) is 0 Å². The van der Waals surface area contributed by atoms with Gasteiger partial charge in [-0.3, -0.25) is 4.79 Å². The van der Waals surface area contributed by atoms with Crippen molar-refractivity contribution in [1.29, 1.82) is 0 Å². The average molecular weight is 353 g/mol. The lowest BCUT2D eigenvalue weighted by atomic mass is 9.90. The third-order valence-corrected chi connectivity index (χ3v) is 5.37. The molecule has 0 saturated carbocycles. The Bertz CT molecular complexity index is 766. The molecule has 136 valence electrons. The Morgan fingerprint density at radius 1 is 1.15 bits per heavy atom. The van der Waals surface area contributed by atoms with Crippen molar-refractivity contribution >= 4 is 5.91 Å². The molecule has 5 nitrogen and oxygen atoms in total. The first kappa shape index (κ1) is 17.2. The molecule has 0 spiro atoms. The van der Waals surface area contributed by atoms with Crippen molar-refractivity contribution in [3.8, 4) is 0 Å². The van der Waals surface area contributed by atoms with E-state index in [2.05, 4.69) is 0 Å². The largest absolute Gasteiger partial charge is 0.369 e. The minimum atomic E-state index is -1.30. The summed E-state index contributed by atoms with van der Waals surface area (Å²) in [6, 6.07) is 19.1. The summed E-state index contributed by atoms with van der Waals surface area (Å²) in [7, 11) is 1.55. The molecule has 4 rings (SSSR count). The van der Waals surface area contributed by atoms with Gasteiger partial charge in [0.15, 0.2) is 11.9 Å². The summed E-state index contributed by atoms with van der Waals surface area (Å²) in [6.07, 6.45) is 0.407. The van der Waals surface area contributed by atoms with E-state index in [1.54, 1.807) is 12.0 Å². The number of amides is 1. The van der Waals surface area contributed by atoms with Crippen LogP contribution in [-0.2, 0) is 26.6 Å². The molecule has 0 aliphatic carbocycles. The number of carbonyl (C=O) groups is 1. The van der Waals surface area contributed by atoms with Crippen LogP contribution in [0.25, 0.3) is 0 Å². The van der Waals surface area contributed by atoms with Gasteiger partial charge < -0.3 is 19.5 Å². The van der Waals surface area contributed by atoms with Crippen molar-refractivity contribution in [2.75, 3.05) is 7.11 Å². The summed E-state index contributed by atoms with van der Waals surface area (Å²) < 4.78 is 11.5. The second-order valence-electron chi connectivity index (χ2n) is 6.94. The van der Waals surface area contributed by atoms with Gasteiger partial charge in [0.2, 0.25) is 0 Å². The van der Waals surface area contributed by atoms with Crippen molar-refractivity contribution in [2.45, 2.75) is 43.4 Å². The topological polar surface area (TPSA) is 59.0 Å². The summed E-state index contributed by atoms with van der Waals surface area (Å²) in [5, 5.41) is 10.9. The number of benzene rings is 2. The first-order valence-electron chi connectivity index (χ1n) is 8.95. The Morgan fingerprint density at radius 2 is 1.81 bits per heavy atom. The molecule has 0 bridgehead atoms. The minimum absolute atomic E-state index is 0.0277. The number of hydrogen-bond donors (Lipinski definition) is 1. The predicted octanol–water partition coefficient (Wildman–Crippen LogP) is 2.44. The lowest BCUT2D eigenvalue weighted by molar-refractivity contribution is -0.232. The maximum Gasteiger partial charge on any atom is 0.254 e. The molecule has 2 heterocycles. The summed E-state index contributed by atoms with van der Waals surface area (Å²) in [5.74, 6) is -1.33. The second kappa shape index (κ2) is 6.83. The average Bonchev–Trinajstić information content (AvgIpc) is 3.08. The highest BCUT2D eigenvalue weighted by molar-refractivity contribution is 5.88. The lowest BCUT2D eigenvalue weighted by Crippen LogP contribution is -2.69. The zero-order valence-electron chi connectivity index (χ0n) is 14.7. The monoisotopic (exact) mass is 353 g/mol. The van der Waals surface area contributed by atoms with Crippen LogP contribution in [0.2, 0.25) is 0 Å². The lowest BCUT2D eigenvalue weighted by Gasteiger charge is -2.48. The molecule has 2 aromatic carbocycles. The van der Waals surface area contributed by atoms with Crippen LogP contribution < -0.4 is 0 Å².